The highest BCUT2D eigenvalue weighted by Gasteiger charge is 2.33. The number of carbonyl (C=O) groups excluding carboxylic acids is 2. The van der Waals surface area contributed by atoms with Gasteiger partial charge < -0.3 is 20.7 Å². The molecular formula is C24H26N4O5S. The summed E-state index contributed by atoms with van der Waals surface area (Å²) in [6.07, 6.45) is 2.00. The second-order valence-corrected chi connectivity index (χ2v) is 10.4. The molecule has 4 rings (SSSR count). The van der Waals surface area contributed by atoms with Crippen LogP contribution in [0, 0.1) is 0 Å². The lowest BCUT2D eigenvalue weighted by molar-refractivity contribution is -0.129. The Bertz CT molecular complexity index is 1370. The van der Waals surface area contributed by atoms with E-state index < -0.39 is 21.0 Å². The van der Waals surface area contributed by atoms with Crippen molar-refractivity contribution in [1.29, 1.82) is 0 Å². The largest absolute Gasteiger partial charge is 0.497 e. The van der Waals surface area contributed by atoms with Crippen molar-refractivity contribution < 1.29 is 22.7 Å². The number of nitrogens with two attached hydrogens (primary N) is 1. The summed E-state index contributed by atoms with van der Waals surface area (Å²) in [7, 11) is -2.19. The maximum atomic E-state index is 13.6. The molecule has 1 aromatic heterocycles. The molecule has 34 heavy (non-hydrogen) atoms. The second kappa shape index (κ2) is 9.30. The minimum atomic E-state index is -3.74. The van der Waals surface area contributed by atoms with E-state index in [-0.39, 0.29) is 21.9 Å². The average Bonchev–Trinajstić information content (AvgIpc) is 2.83. The number of fused-ring (bicyclic) bond motifs is 1. The van der Waals surface area contributed by atoms with Crippen LogP contribution in [-0.2, 0) is 14.6 Å². The van der Waals surface area contributed by atoms with Crippen LogP contribution in [-0.4, -0.2) is 55.6 Å². The van der Waals surface area contributed by atoms with Crippen molar-refractivity contribution in [2.45, 2.75) is 29.9 Å². The fourth-order valence-corrected chi connectivity index (χ4v) is 6.14. The monoisotopic (exact) mass is 482 g/mol. The third-order valence-corrected chi connectivity index (χ3v) is 8.39. The van der Waals surface area contributed by atoms with E-state index in [0.29, 0.717) is 48.4 Å². The number of nitrogens with zero attached hydrogens (tertiary/aromatic N) is 2. The van der Waals surface area contributed by atoms with Crippen molar-refractivity contribution >= 4 is 43.9 Å². The number of benzene rings is 2. The zero-order valence-corrected chi connectivity index (χ0v) is 19.8. The van der Waals surface area contributed by atoms with Crippen molar-refractivity contribution in [2.24, 2.45) is 5.73 Å². The molecule has 10 heteroatoms. The Labute approximate surface area is 197 Å². The number of pyridine rings is 1. The Balaban J connectivity index is 1.79. The molecule has 0 unspecified atom stereocenters. The van der Waals surface area contributed by atoms with Crippen LogP contribution in [0.4, 0.5) is 11.4 Å². The molecule has 178 valence electrons. The molecule has 0 atom stereocenters. The number of piperidine rings is 1. The second-order valence-electron chi connectivity index (χ2n) is 8.17. The summed E-state index contributed by atoms with van der Waals surface area (Å²) >= 11 is 0. The van der Waals surface area contributed by atoms with Gasteiger partial charge in [-0.1, -0.05) is 18.2 Å². The van der Waals surface area contributed by atoms with Crippen LogP contribution in [0.1, 0.15) is 30.1 Å². The fourth-order valence-electron chi connectivity index (χ4n) is 4.25. The molecule has 3 aromatic rings. The van der Waals surface area contributed by atoms with Gasteiger partial charge in [-0.05, 0) is 31.0 Å². The minimum absolute atomic E-state index is 0.0603. The van der Waals surface area contributed by atoms with Gasteiger partial charge in [0.2, 0.25) is 5.91 Å². The summed E-state index contributed by atoms with van der Waals surface area (Å²) < 4.78 is 32.4. The molecule has 0 bridgehead atoms. The van der Waals surface area contributed by atoms with Gasteiger partial charge in [-0.3, -0.25) is 14.6 Å². The van der Waals surface area contributed by atoms with E-state index in [4.69, 9.17) is 10.5 Å². The SMILES string of the molecule is COc1cccc(Nc2c(C(N)=O)cnc3c(S(=O)(=O)C4CCN(C(C)=O)CC4)cccc23)c1. The van der Waals surface area contributed by atoms with Gasteiger partial charge in [0, 0.05) is 43.4 Å². The highest BCUT2D eigenvalue weighted by molar-refractivity contribution is 7.92. The highest BCUT2D eigenvalue weighted by Crippen LogP contribution is 2.35. The van der Waals surface area contributed by atoms with Crippen LogP contribution in [0.15, 0.2) is 53.6 Å². The molecule has 2 heterocycles. The molecule has 0 saturated carbocycles. The maximum Gasteiger partial charge on any atom is 0.252 e. The first-order valence-corrected chi connectivity index (χ1v) is 12.4. The number of methoxy groups -OCH3 is 1. The predicted octanol–water partition coefficient (Wildman–Crippen LogP) is 2.87. The maximum absolute atomic E-state index is 13.6. The van der Waals surface area contributed by atoms with Crippen LogP contribution in [0.5, 0.6) is 5.75 Å². The number of sulfone groups is 1. The third-order valence-electron chi connectivity index (χ3n) is 6.10. The van der Waals surface area contributed by atoms with Crippen molar-refractivity contribution in [3.05, 3.63) is 54.2 Å². The summed E-state index contributed by atoms with van der Waals surface area (Å²) in [5, 5.41) is 3.02. The van der Waals surface area contributed by atoms with Gasteiger partial charge in [0.1, 0.15) is 5.75 Å². The number of likely N-dealkylation sites (tertiary alicyclic amines) is 1. The van der Waals surface area contributed by atoms with Gasteiger partial charge in [0.15, 0.2) is 9.84 Å². The van der Waals surface area contributed by atoms with Crippen molar-refractivity contribution in [3.8, 4) is 5.75 Å². The number of rotatable bonds is 6. The van der Waals surface area contributed by atoms with Crippen LogP contribution >= 0.6 is 0 Å². The normalized spacial score (nSPS) is 14.7. The van der Waals surface area contributed by atoms with E-state index in [1.807, 2.05) is 0 Å². The van der Waals surface area contributed by atoms with Crippen molar-refractivity contribution in [1.82, 2.24) is 9.88 Å². The van der Waals surface area contributed by atoms with E-state index in [9.17, 15) is 18.0 Å². The third kappa shape index (κ3) is 4.41. The van der Waals surface area contributed by atoms with E-state index in [1.165, 1.54) is 19.2 Å². The zero-order chi connectivity index (χ0) is 24.5. The number of para-hydroxylation sites is 1. The fraction of sp³-hybridized carbons (Fsp3) is 0.292. The number of ether oxygens (including phenoxy) is 1. The number of nitrogens with one attached hydrogen (secondary N) is 1. The van der Waals surface area contributed by atoms with Gasteiger partial charge in [0.25, 0.3) is 5.91 Å². The number of aromatic nitrogens is 1. The Morgan fingerprint density at radius 1 is 1.15 bits per heavy atom. The lowest BCUT2D eigenvalue weighted by atomic mass is 10.1. The molecule has 1 aliphatic heterocycles. The molecular weight excluding hydrogens is 456 g/mol. The summed E-state index contributed by atoms with van der Waals surface area (Å²) in [6.45, 7) is 2.27. The van der Waals surface area contributed by atoms with E-state index >= 15 is 0 Å². The molecule has 2 amide bonds. The van der Waals surface area contributed by atoms with Crippen LogP contribution in [0.2, 0.25) is 0 Å². The summed E-state index contributed by atoms with van der Waals surface area (Å²) in [5.41, 5.74) is 7.00. The first-order valence-electron chi connectivity index (χ1n) is 10.8. The predicted molar refractivity (Wildman–Crippen MR) is 129 cm³/mol. The van der Waals surface area contributed by atoms with Gasteiger partial charge >= 0.3 is 0 Å². The van der Waals surface area contributed by atoms with E-state index in [1.54, 1.807) is 48.4 Å². The first-order chi connectivity index (χ1) is 16.2. The van der Waals surface area contributed by atoms with Crippen LogP contribution in [0.3, 0.4) is 0 Å². The molecule has 9 nitrogen and oxygen atoms in total. The van der Waals surface area contributed by atoms with Crippen LogP contribution in [0.25, 0.3) is 10.9 Å². The van der Waals surface area contributed by atoms with Gasteiger partial charge in [-0.15, -0.1) is 0 Å². The Kier molecular flexibility index (Phi) is 6.43. The first kappa shape index (κ1) is 23.5. The highest BCUT2D eigenvalue weighted by atomic mass is 32.2. The topological polar surface area (TPSA) is 132 Å². The molecule has 3 N–H and O–H groups in total. The summed E-state index contributed by atoms with van der Waals surface area (Å²) in [6, 6.07) is 12.0. The smallest absolute Gasteiger partial charge is 0.252 e. The number of hydrogen-bond donors (Lipinski definition) is 2. The number of amides is 2. The van der Waals surface area contributed by atoms with E-state index in [2.05, 4.69) is 10.3 Å². The van der Waals surface area contributed by atoms with Gasteiger partial charge in [-0.2, -0.15) is 0 Å². The lowest BCUT2D eigenvalue weighted by Crippen LogP contribution is -2.41. The molecule has 2 aromatic carbocycles. The Morgan fingerprint density at radius 3 is 2.50 bits per heavy atom. The van der Waals surface area contributed by atoms with Crippen molar-refractivity contribution in [2.75, 3.05) is 25.5 Å². The molecule has 1 aliphatic rings. The zero-order valence-electron chi connectivity index (χ0n) is 18.9. The summed E-state index contributed by atoms with van der Waals surface area (Å²) in [5.74, 6) is -0.135. The van der Waals surface area contributed by atoms with Gasteiger partial charge in [-0.25, -0.2) is 8.42 Å². The van der Waals surface area contributed by atoms with Gasteiger partial charge in [0.05, 0.1) is 34.0 Å². The lowest BCUT2D eigenvalue weighted by Gasteiger charge is -2.31. The standard InChI is InChI=1S/C24H26N4O5S/c1-15(29)28-11-9-18(10-12-28)34(31,32)21-8-4-7-19-22(20(24(25)30)14-26-23(19)21)27-16-5-3-6-17(13-16)33-2/h3-8,13-14,18H,9-12H2,1-2H3,(H2,25,30)(H,26,27). The molecule has 0 spiro atoms. The Morgan fingerprint density at radius 2 is 1.85 bits per heavy atom. The number of carbonyl (C=O) groups is 2. The molecule has 0 radical (unpaired) electrons. The minimum Gasteiger partial charge on any atom is -0.497 e. The number of primary amides is 1. The summed E-state index contributed by atoms with van der Waals surface area (Å²) in [4.78, 5) is 29.9. The molecule has 1 fully saturated rings. The average molecular weight is 483 g/mol. The number of hydrogen-bond acceptors (Lipinski definition) is 7. The van der Waals surface area contributed by atoms with E-state index in [0.717, 1.165) is 0 Å². The Hall–Kier alpha value is -3.66. The molecule has 0 aliphatic carbocycles. The van der Waals surface area contributed by atoms with Crippen molar-refractivity contribution in [3.63, 3.8) is 0 Å². The molecule has 1 saturated heterocycles. The van der Waals surface area contributed by atoms with Crippen LogP contribution < -0.4 is 15.8 Å². The quantitative estimate of drug-likeness (QED) is 0.552. The number of anilines is 2.